The average molecular weight is 388 g/mol. The molecule has 2 rings (SSSR count). The summed E-state index contributed by atoms with van der Waals surface area (Å²) in [6, 6.07) is 4.19. The van der Waals surface area contributed by atoms with Crippen LogP contribution in [0.15, 0.2) is 34.1 Å². The van der Waals surface area contributed by atoms with Crippen molar-refractivity contribution in [3.8, 4) is 11.5 Å². The Kier molecular flexibility index (Phi) is 4.52. The molecule has 0 bridgehead atoms. The topological polar surface area (TPSA) is 74.6 Å². The first-order valence-corrected chi connectivity index (χ1v) is 8.25. The van der Waals surface area contributed by atoms with Crippen LogP contribution in [-0.4, -0.2) is 18.6 Å². The lowest BCUT2D eigenvalue weighted by molar-refractivity contribution is 0.475. The van der Waals surface area contributed by atoms with Crippen LogP contribution in [0.2, 0.25) is 20.1 Å². The van der Waals surface area contributed by atoms with Crippen molar-refractivity contribution < 1.29 is 18.6 Å². The highest BCUT2D eigenvalue weighted by atomic mass is 35.5. The van der Waals surface area contributed by atoms with Crippen molar-refractivity contribution in [1.82, 2.24) is 0 Å². The van der Waals surface area contributed by atoms with Crippen molar-refractivity contribution in [3.05, 3.63) is 44.4 Å². The molecule has 9 heteroatoms. The average Bonchev–Trinajstić information content (AvgIpc) is 2.40. The second-order valence-corrected chi connectivity index (χ2v) is 7.55. The number of hydrogen-bond acceptors (Lipinski definition) is 4. The molecule has 21 heavy (non-hydrogen) atoms. The zero-order valence-corrected chi connectivity index (χ0v) is 13.8. The van der Waals surface area contributed by atoms with Gasteiger partial charge in [-0.2, -0.15) is 0 Å². The smallest absolute Gasteiger partial charge is 0.206 e. The quantitative estimate of drug-likeness (QED) is 0.792. The Morgan fingerprint density at radius 3 is 1.14 bits per heavy atom. The summed E-state index contributed by atoms with van der Waals surface area (Å²) in [4.78, 5) is -0.485. The molecule has 0 aliphatic heterocycles. The predicted octanol–water partition coefficient (Wildman–Crippen LogP) is 4.54. The Hall–Kier alpha value is -0.850. The first-order chi connectivity index (χ1) is 9.64. The maximum Gasteiger partial charge on any atom is 0.206 e. The van der Waals surface area contributed by atoms with Crippen molar-refractivity contribution in [2.75, 3.05) is 0 Å². The van der Waals surface area contributed by atoms with Gasteiger partial charge in [-0.1, -0.05) is 46.4 Å². The third-order valence-corrected chi connectivity index (χ3v) is 5.47. The zero-order valence-electron chi connectivity index (χ0n) is 9.94. The molecule has 2 aromatic carbocycles. The number of rotatable bonds is 2. The van der Waals surface area contributed by atoms with E-state index in [0.717, 1.165) is 24.3 Å². The third kappa shape index (κ3) is 3.03. The van der Waals surface area contributed by atoms with Gasteiger partial charge in [0.1, 0.15) is 0 Å². The van der Waals surface area contributed by atoms with Crippen molar-refractivity contribution in [2.24, 2.45) is 0 Å². The van der Waals surface area contributed by atoms with Crippen LogP contribution in [-0.2, 0) is 9.84 Å². The summed E-state index contributed by atoms with van der Waals surface area (Å²) < 4.78 is 24.9. The fraction of sp³-hybridized carbons (Fsp3) is 0. The largest absolute Gasteiger partial charge is 0.505 e. The molecule has 0 amide bonds. The van der Waals surface area contributed by atoms with Crippen LogP contribution in [0, 0.1) is 0 Å². The van der Waals surface area contributed by atoms with E-state index in [-0.39, 0.29) is 29.9 Å². The third-order valence-electron chi connectivity index (χ3n) is 2.60. The van der Waals surface area contributed by atoms with Gasteiger partial charge in [0.2, 0.25) is 9.84 Å². The first kappa shape index (κ1) is 16.5. The van der Waals surface area contributed by atoms with Gasteiger partial charge in [-0.05, 0) is 24.3 Å². The molecule has 0 aromatic heterocycles. The number of sulfone groups is 1. The number of halogens is 4. The fourth-order valence-corrected chi connectivity index (χ4v) is 4.13. The molecular formula is C12H6Cl4O4S. The van der Waals surface area contributed by atoms with E-state index in [2.05, 4.69) is 0 Å². The second-order valence-electron chi connectivity index (χ2n) is 3.97. The maximum atomic E-state index is 12.5. The van der Waals surface area contributed by atoms with Crippen LogP contribution in [0.25, 0.3) is 0 Å². The Bertz CT molecular complexity index is 724. The van der Waals surface area contributed by atoms with Gasteiger partial charge >= 0.3 is 0 Å². The molecule has 0 atom stereocenters. The predicted molar refractivity (Wildman–Crippen MR) is 81.7 cm³/mol. The molecule has 0 fully saturated rings. The first-order valence-electron chi connectivity index (χ1n) is 5.25. The molecular weight excluding hydrogens is 382 g/mol. The molecule has 0 heterocycles. The van der Waals surface area contributed by atoms with Gasteiger partial charge in [-0.25, -0.2) is 8.42 Å². The lowest BCUT2D eigenvalue weighted by atomic mass is 10.3. The van der Waals surface area contributed by atoms with Gasteiger partial charge < -0.3 is 10.2 Å². The summed E-state index contributed by atoms with van der Waals surface area (Å²) in [6.07, 6.45) is 0. The second kappa shape index (κ2) is 5.74. The normalized spacial score (nSPS) is 11.6. The van der Waals surface area contributed by atoms with Crippen molar-refractivity contribution >= 4 is 56.2 Å². The van der Waals surface area contributed by atoms with E-state index in [1.165, 1.54) is 0 Å². The van der Waals surface area contributed by atoms with E-state index in [9.17, 15) is 18.6 Å². The van der Waals surface area contributed by atoms with Crippen molar-refractivity contribution in [3.63, 3.8) is 0 Å². The molecule has 0 spiro atoms. The van der Waals surface area contributed by atoms with Crippen LogP contribution in [0.1, 0.15) is 0 Å². The molecule has 0 saturated heterocycles. The Morgan fingerprint density at radius 1 is 0.667 bits per heavy atom. The fourth-order valence-electron chi connectivity index (χ4n) is 1.53. The summed E-state index contributed by atoms with van der Waals surface area (Å²) in [7, 11) is -4.02. The van der Waals surface area contributed by atoms with Crippen LogP contribution in [0.5, 0.6) is 11.5 Å². The number of aromatic hydroxyl groups is 2. The Balaban J connectivity index is 2.68. The molecule has 4 nitrogen and oxygen atoms in total. The molecule has 0 unspecified atom stereocenters. The monoisotopic (exact) mass is 386 g/mol. The number of benzene rings is 2. The van der Waals surface area contributed by atoms with E-state index in [1.807, 2.05) is 0 Å². The van der Waals surface area contributed by atoms with E-state index >= 15 is 0 Å². The molecule has 0 aliphatic rings. The molecule has 0 aliphatic carbocycles. The van der Waals surface area contributed by atoms with Crippen LogP contribution in [0.4, 0.5) is 0 Å². The molecule has 2 N–H and O–H groups in total. The van der Waals surface area contributed by atoms with Gasteiger partial charge in [-0.15, -0.1) is 0 Å². The standard InChI is InChI=1S/C12H6Cl4O4S/c13-7-1-5(2-8(14)11(7)17)21(19,20)6-3-9(15)12(18)10(16)4-6/h1-4,17-18H. The summed E-state index contributed by atoms with van der Waals surface area (Å²) in [6.45, 7) is 0. The summed E-state index contributed by atoms with van der Waals surface area (Å²) in [5.41, 5.74) is 0. The summed E-state index contributed by atoms with van der Waals surface area (Å²) >= 11 is 22.8. The lowest BCUT2D eigenvalue weighted by Gasteiger charge is -2.09. The number of hydrogen-bond donors (Lipinski definition) is 2. The molecule has 2 aromatic rings. The minimum atomic E-state index is -4.02. The molecule has 0 saturated carbocycles. The van der Waals surface area contributed by atoms with Gasteiger partial charge in [0, 0.05) is 0 Å². The van der Waals surface area contributed by atoms with E-state index < -0.39 is 21.3 Å². The summed E-state index contributed by atoms with van der Waals surface area (Å²) in [5, 5.41) is 18.1. The van der Waals surface area contributed by atoms with Gasteiger partial charge in [0.25, 0.3) is 0 Å². The van der Waals surface area contributed by atoms with Gasteiger partial charge in [0.05, 0.1) is 29.9 Å². The Labute approximate surface area is 140 Å². The zero-order chi connectivity index (χ0) is 15.9. The lowest BCUT2D eigenvalue weighted by Crippen LogP contribution is -2.02. The maximum absolute atomic E-state index is 12.5. The summed E-state index contributed by atoms with van der Waals surface area (Å²) in [5.74, 6) is -0.835. The molecule has 112 valence electrons. The highest BCUT2D eigenvalue weighted by Gasteiger charge is 2.23. The van der Waals surface area contributed by atoms with E-state index in [4.69, 9.17) is 46.4 Å². The number of phenols is 2. The highest BCUT2D eigenvalue weighted by molar-refractivity contribution is 7.91. The van der Waals surface area contributed by atoms with E-state index in [0.29, 0.717) is 0 Å². The van der Waals surface area contributed by atoms with Crippen molar-refractivity contribution in [1.29, 1.82) is 0 Å². The SMILES string of the molecule is O=S(=O)(c1cc(Cl)c(O)c(Cl)c1)c1cc(Cl)c(O)c(Cl)c1. The minimum Gasteiger partial charge on any atom is -0.505 e. The highest BCUT2D eigenvalue weighted by Crippen LogP contribution is 2.39. The van der Waals surface area contributed by atoms with Crippen molar-refractivity contribution in [2.45, 2.75) is 9.79 Å². The van der Waals surface area contributed by atoms with Crippen LogP contribution >= 0.6 is 46.4 Å². The van der Waals surface area contributed by atoms with Crippen LogP contribution in [0.3, 0.4) is 0 Å². The van der Waals surface area contributed by atoms with Gasteiger partial charge in [0.15, 0.2) is 11.5 Å². The van der Waals surface area contributed by atoms with Gasteiger partial charge in [-0.3, -0.25) is 0 Å². The molecule has 0 radical (unpaired) electrons. The number of phenolic OH excluding ortho intramolecular Hbond substituents is 2. The van der Waals surface area contributed by atoms with E-state index in [1.54, 1.807) is 0 Å². The van der Waals surface area contributed by atoms with Crippen LogP contribution < -0.4 is 0 Å². The minimum absolute atomic E-state index is 0.211. The Morgan fingerprint density at radius 2 is 0.905 bits per heavy atom.